The number of aryl methyl sites for hydroxylation is 1. The molecule has 0 bridgehead atoms. The molecule has 0 saturated heterocycles. The highest BCUT2D eigenvalue weighted by molar-refractivity contribution is 7.08. The number of nitrogens with one attached hydrogen (secondary N) is 1. The monoisotopic (exact) mass is 285 g/mol. The van der Waals surface area contributed by atoms with Crippen molar-refractivity contribution in [3.05, 3.63) is 10.6 Å². The Morgan fingerprint density at radius 2 is 2.11 bits per heavy atom. The average Bonchev–Trinajstić information content (AvgIpc) is 2.75. The van der Waals surface area contributed by atoms with Gasteiger partial charge in [0.25, 0.3) is 5.91 Å². The summed E-state index contributed by atoms with van der Waals surface area (Å²) >= 11 is 1.07. The van der Waals surface area contributed by atoms with Crippen LogP contribution in [0.25, 0.3) is 0 Å². The van der Waals surface area contributed by atoms with Crippen molar-refractivity contribution in [3.63, 3.8) is 0 Å². The number of carbonyl (C=O) groups excluding carboxylic acids is 1. The number of carboxylic acid groups (broad SMARTS) is 1. The van der Waals surface area contributed by atoms with Crippen molar-refractivity contribution in [2.24, 2.45) is 0 Å². The molecule has 0 aliphatic carbocycles. The molecule has 0 aliphatic heterocycles. The average molecular weight is 285 g/mol. The van der Waals surface area contributed by atoms with Crippen LogP contribution in [0, 0.1) is 0 Å². The maximum Gasteiger partial charge on any atom is 0.303 e. The summed E-state index contributed by atoms with van der Waals surface area (Å²) in [4.78, 5) is 23.2. The number of aromatic nitrogens is 2. The van der Waals surface area contributed by atoms with Crippen LogP contribution in [0.3, 0.4) is 0 Å². The molecule has 0 aromatic carbocycles. The summed E-state index contributed by atoms with van der Waals surface area (Å²) in [6.07, 6.45) is 2.02. The van der Waals surface area contributed by atoms with Gasteiger partial charge in [-0.2, -0.15) is 0 Å². The highest BCUT2D eigenvalue weighted by Crippen LogP contribution is 2.16. The summed E-state index contributed by atoms with van der Waals surface area (Å²) in [6, 6.07) is 0. The number of carboxylic acids is 1. The van der Waals surface area contributed by atoms with E-state index >= 15 is 0 Å². The standard InChI is InChI=1S/C12H19N3O3S/c1-4-5-8-10(19-15-14-8)11(18)13-12(2,3)7-6-9(16)17/h4-7H2,1-3H3,(H,13,18)(H,16,17). The quantitative estimate of drug-likeness (QED) is 0.797. The molecule has 1 rings (SSSR count). The van der Waals surface area contributed by atoms with Crippen molar-refractivity contribution in [1.82, 2.24) is 14.9 Å². The van der Waals surface area contributed by atoms with Crippen LogP contribution < -0.4 is 5.32 Å². The van der Waals surface area contributed by atoms with Gasteiger partial charge in [-0.1, -0.05) is 17.8 Å². The SMILES string of the molecule is CCCc1nnsc1C(=O)NC(C)(C)CCC(=O)O. The molecule has 0 unspecified atom stereocenters. The van der Waals surface area contributed by atoms with E-state index in [9.17, 15) is 9.59 Å². The van der Waals surface area contributed by atoms with E-state index in [1.165, 1.54) is 0 Å². The predicted octanol–water partition coefficient (Wildman–Crippen LogP) is 1.86. The summed E-state index contributed by atoms with van der Waals surface area (Å²) in [7, 11) is 0. The van der Waals surface area contributed by atoms with Crippen molar-refractivity contribution in [2.75, 3.05) is 0 Å². The Morgan fingerprint density at radius 1 is 1.42 bits per heavy atom. The Bertz CT molecular complexity index is 457. The van der Waals surface area contributed by atoms with Crippen molar-refractivity contribution in [3.8, 4) is 0 Å². The molecule has 0 spiro atoms. The molecule has 2 N–H and O–H groups in total. The Morgan fingerprint density at radius 3 is 2.68 bits per heavy atom. The van der Waals surface area contributed by atoms with Crippen LogP contribution in [0.1, 0.15) is 55.4 Å². The van der Waals surface area contributed by atoms with Crippen molar-refractivity contribution in [1.29, 1.82) is 0 Å². The maximum absolute atomic E-state index is 12.1. The van der Waals surface area contributed by atoms with Crippen LogP contribution >= 0.6 is 11.5 Å². The van der Waals surface area contributed by atoms with Gasteiger partial charge >= 0.3 is 5.97 Å². The molecule has 1 aromatic heterocycles. The van der Waals surface area contributed by atoms with Gasteiger partial charge in [0.05, 0.1) is 5.69 Å². The third kappa shape index (κ3) is 4.94. The van der Waals surface area contributed by atoms with Crippen LogP contribution in [0.4, 0.5) is 0 Å². The zero-order valence-corrected chi connectivity index (χ0v) is 12.2. The summed E-state index contributed by atoms with van der Waals surface area (Å²) in [5.74, 6) is -1.10. The first-order valence-corrected chi connectivity index (χ1v) is 6.98. The van der Waals surface area contributed by atoms with E-state index in [2.05, 4.69) is 14.9 Å². The first-order valence-electron chi connectivity index (χ1n) is 6.21. The Balaban J connectivity index is 2.67. The summed E-state index contributed by atoms with van der Waals surface area (Å²) in [5.41, 5.74) is 0.141. The minimum Gasteiger partial charge on any atom is -0.481 e. The first kappa shape index (κ1) is 15.6. The van der Waals surface area contributed by atoms with Crippen molar-refractivity contribution in [2.45, 2.75) is 52.0 Å². The third-order valence-corrected chi connectivity index (χ3v) is 3.43. The minimum absolute atomic E-state index is 0.0238. The number of hydrogen-bond acceptors (Lipinski definition) is 5. The molecule has 6 nitrogen and oxygen atoms in total. The lowest BCUT2D eigenvalue weighted by Crippen LogP contribution is -2.43. The number of nitrogens with zero attached hydrogens (tertiary/aromatic N) is 2. The summed E-state index contributed by atoms with van der Waals surface area (Å²) < 4.78 is 3.80. The molecule has 1 aromatic rings. The van der Waals surface area contributed by atoms with E-state index in [4.69, 9.17) is 5.11 Å². The highest BCUT2D eigenvalue weighted by atomic mass is 32.1. The van der Waals surface area contributed by atoms with Crippen LogP contribution in [-0.2, 0) is 11.2 Å². The van der Waals surface area contributed by atoms with Gasteiger partial charge in [0, 0.05) is 12.0 Å². The van der Waals surface area contributed by atoms with Gasteiger partial charge in [0.15, 0.2) is 0 Å². The van der Waals surface area contributed by atoms with Crippen LogP contribution in [0.15, 0.2) is 0 Å². The minimum atomic E-state index is -0.867. The number of hydrogen-bond donors (Lipinski definition) is 2. The predicted molar refractivity (Wildman–Crippen MR) is 72.3 cm³/mol. The molecular formula is C12H19N3O3S. The Kier molecular flexibility index (Phi) is 5.41. The largest absolute Gasteiger partial charge is 0.481 e. The maximum atomic E-state index is 12.1. The Hall–Kier alpha value is -1.50. The van der Waals surface area contributed by atoms with Gasteiger partial charge in [-0.15, -0.1) is 5.10 Å². The van der Waals surface area contributed by atoms with Gasteiger partial charge in [-0.05, 0) is 38.2 Å². The highest BCUT2D eigenvalue weighted by Gasteiger charge is 2.24. The van der Waals surface area contributed by atoms with E-state index in [-0.39, 0.29) is 12.3 Å². The van der Waals surface area contributed by atoms with Crippen LogP contribution in [0.5, 0.6) is 0 Å². The van der Waals surface area contributed by atoms with Crippen LogP contribution in [-0.4, -0.2) is 32.1 Å². The zero-order valence-electron chi connectivity index (χ0n) is 11.4. The van der Waals surface area contributed by atoms with E-state index in [0.717, 1.165) is 24.4 Å². The fraction of sp³-hybridized carbons (Fsp3) is 0.667. The molecule has 0 aliphatic rings. The summed E-state index contributed by atoms with van der Waals surface area (Å²) in [5, 5.41) is 15.5. The topological polar surface area (TPSA) is 92.2 Å². The van der Waals surface area contributed by atoms with Crippen LogP contribution in [0.2, 0.25) is 0 Å². The van der Waals surface area contributed by atoms with E-state index in [1.54, 1.807) is 0 Å². The third-order valence-electron chi connectivity index (χ3n) is 2.66. The second-order valence-electron chi connectivity index (χ2n) is 5.03. The molecule has 1 amide bonds. The zero-order chi connectivity index (χ0) is 14.5. The smallest absolute Gasteiger partial charge is 0.303 e. The molecule has 106 valence electrons. The fourth-order valence-electron chi connectivity index (χ4n) is 1.63. The number of carbonyl (C=O) groups is 2. The molecule has 19 heavy (non-hydrogen) atoms. The van der Waals surface area contributed by atoms with Gasteiger partial charge in [-0.25, -0.2) is 0 Å². The normalized spacial score (nSPS) is 11.3. The number of rotatable bonds is 7. The molecule has 7 heteroatoms. The van der Waals surface area contributed by atoms with Crippen molar-refractivity contribution >= 4 is 23.4 Å². The molecular weight excluding hydrogens is 266 g/mol. The van der Waals surface area contributed by atoms with Gasteiger partial charge in [0.2, 0.25) is 0 Å². The molecule has 1 heterocycles. The second kappa shape index (κ2) is 6.60. The summed E-state index contributed by atoms with van der Waals surface area (Å²) in [6.45, 7) is 5.63. The first-order chi connectivity index (χ1) is 8.85. The second-order valence-corrected chi connectivity index (χ2v) is 5.78. The lowest BCUT2D eigenvalue weighted by molar-refractivity contribution is -0.137. The van der Waals surface area contributed by atoms with E-state index in [0.29, 0.717) is 17.0 Å². The van der Waals surface area contributed by atoms with E-state index in [1.807, 2.05) is 20.8 Å². The van der Waals surface area contributed by atoms with E-state index < -0.39 is 11.5 Å². The molecule has 0 atom stereocenters. The fourth-order valence-corrected chi connectivity index (χ4v) is 2.23. The van der Waals surface area contributed by atoms with Gasteiger partial charge < -0.3 is 10.4 Å². The number of amides is 1. The Labute approximate surface area is 116 Å². The molecule has 0 saturated carbocycles. The van der Waals surface area contributed by atoms with Crippen molar-refractivity contribution < 1.29 is 14.7 Å². The lowest BCUT2D eigenvalue weighted by atomic mass is 9.98. The molecule has 0 fully saturated rings. The lowest BCUT2D eigenvalue weighted by Gasteiger charge is -2.25. The number of aliphatic carboxylic acids is 1. The van der Waals surface area contributed by atoms with Gasteiger partial charge in [0.1, 0.15) is 4.88 Å². The van der Waals surface area contributed by atoms with Gasteiger partial charge in [-0.3, -0.25) is 9.59 Å². The molecule has 0 radical (unpaired) electrons.